The van der Waals surface area contributed by atoms with Gasteiger partial charge in [0.1, 0.15) is 11.7 Å². The Morgan fingerprint density at radius 3 is 1.92 bits per heavy atom. The van der Waals surface area contributed by atoms with Crippen LogP contribution in [0, 0.1) is 46.5 Å². The van der Waals surface area contributed by atoms with Crippen LogP contribution in [-0.2, 0) is 14.4 Å². The molecule has 3 aromatic rings. The molecule has 0 bridgehead atoms. The first-order valence-corrected chi connectivity index (χ1v) is 13.3. The highest BCUT2D eigenvalue weighted by molar-refractivity contribution is 7.10. The van der Waals surface area contributed by atoms with Gasteiger partial charge in [0.2, 0.25) is 11.8 Å². The van der Waals surface area contributed by atoms with Gasteiger partial charge in [0.15, 0.2) is 0 Å². The van der Waals surface area contributed by atoms with Crippen LogP contribution in [0.2, 0.25) is 0 Å². The molecule has 4 unspecified atom stereocenters. The van der Waals surface area contributed by atoms with E-state index in [1.165, 1.54) is 18.3 Å². The van der Waals surface area contributed by atoms with Crippen molar-refractivity contribution in [1.29, 1.82) is 0 Å². The first kappa shape index (κ1) is 26.8. The molecule has 1 fully saturated rings. The number of ketones is 1. The molecule has 0 saturated heterocycles. The SMILES string of the molecule is Cc1ccsc1C1C(C(=O)Nc2cccc(C)c2C)C(=O)CC(C)(O)C1C(=O)Nc1cccc(C)c1C. The number of rotatable bonds is 5. The Hall–Kier alpha value is -3.29. The van der Waals surface area contributed by atoms with Crippen LogP contribution in [0.5, 0.6) is 0 Å². The predicted octanol–water partition coefficient (Wildman–Crippen LogP) is 5.61. The molecule has 2 amide bonds. The van der Waals surface area contributed by atoms with Crippen LogP contribution in [0.15, 0.2) is 47.8 Å². The van der Waals surface area contributed by atoms with Gasteiger partial charge in [0.25, 0.3) is 0 Å². The number of benzene rings is 2. The number of aryl methyl sites for hydroxylation is 3. The molecule has 4 atom stereocenters. The number of hydrogen-bond donors (Lipinski definition) is 3. The van der Waals surface area contributed by atoms with E-state index < -0.39 is 35.2 Å². The highest BCUT2D eigenvalue weighted by Crippen LogP contribution is 2.49. The molecule has 1 heterocycles. The van der Waals surface area contributed by atoms with Crippen molar-refractivity contribution in [2.45, 2.75) is 59.5 Å². The second kappa shape index (κ2) is 10.2. The van der Waals surface area contributed by atoms with Crippen molar-refractivity contribution in [3.05, 3.63) is 80.5 Å². The number of hydrogen-bond acceptors (Lipinski definition) is 5. The predicted molar refractivity (Wildman–Crippen MR) is 148 cm³/mol. The molecular weight excluding hydrogens is 484 g/mol. The number of nitrogens with one attached hydrogen (secondary N) is 2. The molecule has 0 aliphatic heterocycles. The molecule has 4 rings (SSSR count). The summed E-state index contributed by atoms with van der Waals surface area (Å²) in [6.45, 7) is 11.2. The number of carbonyl (C=O) groups excluding carboxylic acids is 3. The fourth-order valence-corrected chi connectivity index (χ4v) is 6.43. The number of carbonyl (C=O) groups is 3. The van der Waals surface area contributed by atoms with Gasteiger partial charge < -0.3 is 15.7 Å². The summed E-state index contributed by atoms with van der Waals surface area (Å²) in [4.78, 5) is 41.9. The van der Waals surface area contributed by atoms with Gasteiger partial charge in [0.05, 0.1) is 11.5 Å². The van der Waals surface area contributed by atoms with Crippen molar-refractivity contribution >= 4 is 40.3 Å². The third kappa shape index (κ3) is 5.11. The van der Waals surface area contributed by atoms with Gasteiger partial charge >= 0.3 is 0 Å². The second-order valence-corrected chi connectivity index (χ2v) is 11.4. The Kier molecular flexibility index (Phi) is 7.40. The summed E-state index contributed by atoms with van der Waals surface area (Å²) >= 11 is 1.40. The smallest absolute Gasteiger partial charge is 0.235 e. The molecular formula is C30H34N2O4S. The highest BCUT2D eigenvalue weighted by atomic mass is 32.1. The second-order valence-electron chi connectivity index (χ2n) is 10.4. The number of thiophene rings is 1. The lowest BCUT2D eigenvalue weighted by molar-refractivity contribution is -0.150. The maximum atomic E-state index is 13.9. The third-order valence-electron chi connectivity index (χ3n) is 7.76. The minimum atomic E-state index is -1.63. The summed E-state index contributed by atoms with van der Waals surface area (Å²) in [5.74, 6) is -4.19. The van der Waals surface area contributed by atoms with Crippen LogP contribution in [0.4, 0.5) is 11.4 Å². The largest absolute Gasteiger partial charge is 0.389 e. The number of amides is 2. The Labute approximate surface area is 222 Å². The maximum absolute atomic E-state index is 13.9. The van der Waals surface area contributed by atoms with Gasteiger partial charge in [-0.25, -0.2) is 0 Å². The standard InChI is InChI=1S/C30H34N2O4S/c1-16-9-7-11-21(19(16)4)31-28(34)24-23(33)15-30(6,36)26(25(24)27-18(3)13-14-37-27)29(35)32-22-12-8-10-17(2)20(22)5/h7-14,24-26,36H,15H2,1-6H3,(H,31,34)(H,32,35). The van der Waals surface area contributed by atoms with Crippen LogP contribution in [0.1, 0.15) is 52.0 Å². The molecule has 0 radical (unpaired) electrons. The van der Waals surface area contributed by atoms with Crippen molar-refractivity contribution in [2.24, 2.45) is 11.8 Å². The summed E-state index contributed by atoms with van der Waals surface area (Å²) in [7, 11) is 0. The normalized spacial score (nSPS) is 23.5. The van der Waals surface area contributed by atoms with Crippen LogP contribution < -0.4 is 10.6 Å². The zero-order valence-electron chi connectivity index (χ0n) is 22.1. The monoisotopic (exact) mass is 518 g/mol. The van der Waals surface area contributed by atoms with Crippen molar-refractivity contribution in [3.63, 3.8) is 0 Å². The summed E-state index contributed by atoms with van der Waals surface area (Å²) in [5.41, 5.74) is 4.43. The van der Waals surface area contributed by atoms with Crippen molar-refractivity contribution in [1.82, 2.24) is 0 Å². The Bertz CT molecular complexity index is 1370. The van der Waals surface area contributed by atoms with E-state index in [0.29, 0.717) is 11.4 Å². The van der Waals surface area contributed by atoms with Crippen LogP contribution in [-0.4, -0.2) is 28.3 Å². The van der Waals surface area contributed by atoms with Crippen LogP contribution in [0.3, 0.4) is 0 Å². The molecule has 6 nitrogen and oxygen atoms in total. The first-order chi connectivity index (χ1) is 17.4. The van der Waals surface area contributed by atoms with Crippen LogP contribution >= 0.6 is 11.3 Å². The molecule has 0 spiro atoms. The summed E-state index contributed by atoms with van der Waals surface area (Å²) in [6, 6.07) is 13.2. The Morgan fingerprint density at radius 1 is 0.865 bits per heavy atom. The zero-order valence-corrected chi connectivity index (χ0v) is 23.0. The summed E-state index contributed by atoms with van der Waals surface area (Å²) in [6.07, 6.45) is -0.288. The average molecular weight is 519 g/mol. The van der Waals surface area contributed by atoms with Gasteiger partial charge in [-0.2, -0.15) is 0 Å². The van der Waals surface area contributed by atoms with E-state index in [0.717, 1.165) is 32.7 Å². The fraction of sp³-hybridized carbons (Fsp3) is 0.367. The van der Waals surface area contributed by atoms with E-state index in [-0.39, 0.29) is 12.2 Å². The molecule has 1 aliphatic rings. The molecule has 2 aromatic carbocycles. The van der Waals surface area contributed by atoms with Gasteiger partial charge in [-0.05, 0) is 92.9 Å². The quantitative estimate of drug-likeness (QED) is 0.383. The van der Waals surface area contributed by atoms with E-state index in [4.69, 9.17) is 0 Å². The molecule has 1 aliphatic carbocycles. The summed E-state index contributed by atoms with van der Waals surface area (Å²) in [5, 5.41) is 19.3. The topological polar surface area (TPSA) is 95.5 Å². The average Bonchev–Trinajstić information content (AvgIpc) is 3.24. The molecule has 194 valence electrons. The fourth-order valence-electron chi connectivity index (χ4n) is 5.33. The van der Waals surface area contributed by atoms with Crippen molar-refractivity contribution < 1.29 is 19.5 Å². The summed E-state index contributed by atoms with van der Waals surface area (Å²) < 4.78 is 0. The molecule has 3 N–H and O–H groups in total. The van der Waals surface area contributed by atoms with Gasteiger partial charge in [0, 0.05) is 28.6 Å². The van der Waals surface area contributed by atoms with Crippen molar-refractivity contribution in [3.8, 4) is 0 Å². The zero-order chi connectivity index (χ0) is 27.1. The molecule has 37 heavy (non-hydrogen) atoms. The lowest BCUT2D eigenvalue weighted by Gasteiger charge is -2.44. The number of aliphatic hydroxyl groups is 1. The lowest BCUT2D eigenvalue weighted by Crippen LogP contribution is -2.56. The molecule has 7 heteroatoms. The Balaban J connectivity index is 1.78. The molecule has 1 aromatic heterocycles. The van der Waals surface area contributed by atoms with E-state index >= 15 is 0 Å². The first-order valence-electron chi connectivity index (χ1n) is 12.5. The Morgan fingerprint density at radius 2 is 1.41 bits per heavy atom. The van der Waals surface area contributed by atoms with Gasteiger partial charge in [-0.1, -0.05) is 24.3 Å². The van der Waals surface area contributed by atoms with Gasteiger partial charge in [-0.15, -0.1) is 11.3 Å². The van der Waals surface area contributed by atoms with E-state index in [9.17, 15) is 19.5 Å². The van der Waals surface area contributed by atoms with Gasteiger partial charge in [-0.3, -0.25) is 14.4 Å². The van der Waals surface area contributed by atoms with E-state index in [2.05, 4.69) is 10.6 Å². The third-order valence-corrected chi connectivity index (χ3v) is 8.88. The minimum Gasteiger partial charge on any atom is -0.389 e. The lowest BCUT2D eigenvalue weighted by atomic mass is 9.62. The highest BCUT2D eigenvalue weighted by Gasteiger charge is 2.56. The number of Topliss-reactive ketones (excluding diaryl/α,β-unsaturated/α-hetero) is 1. The van der Waals surface area contributed by atoms with Crippen molar-refractivity contribution in [2.75, 3.05) is 10.6 Å². The number of anilines is 2. The van der Waals surface area contributed by atoms with E-state index in [1.807, 2.05) is 76.4 Å². The van der Waals surface area contributed by atoms with E-state index in [1.54, 1.807) is 6.07 Å². The van der Waals surface area contributed by atoms with Crippen LogP contribution in [0.25, 0.3) is 0 Å². The molecule has 1 saturated carbocycles. The maximum Gasteiger partial charge on any atom is 0.235 e. The minimum absolute atomic E-state index is 0.288.